The molecule has 5 nitrogen and oxygen atoms in total. The first-order chi connectivity index (χ1) is 10.5. The largest absolute Gasteiger partial charge is 0.353 e. The molecular weight excluding hydrogens is 278 g/mol. The second-order valence-electron chi connectivity index (χ2n) is 5.58. The van der Waals surface area contributed by atoms with E-state index in [4.69, 9.17) is 0 Å². The third-order valence-corrected chi connectivity index (χ3v) is 3.30. The Morgan fingerprint density at radius 1 is 1.09 bits per heavy atom. The molecule has 0 unspecified atom stereocenters. The Hall–Kier alpha value is -1.88. The third-order valence-electron chi connectivity index (χ3n) is 3.30. The van der Waals surface area contributed by atoms with Crippen LogP contribution >= 0.6 is 0 Å². The van der Waals surface area contributed by atoms with Gasteiger partial charge in [-0.05, 0) is 38.4 Å². The molecule has 0 aliphatic carbocycles. The van der Waals surface area contributed by atoms with Crippen LogP contribution in [-0.2, 0) is 16.0 Å². The Balaban J connectivity index is 2.56. The highest BCUT2D eigenvalue weighted by atomic mass is 16.2. The predicted octanol–water partition coefficient (Wildman–Crippen LogP) is 2.03. The summed E-state index contributed by atoms with van der Waals surface area (Å²) in [6.07, 6.45) is 0.866. The summed E-state index contributed by atoms with van der Waals surface area (Å²) in [5, 5.41) is 5.76. The van der Waals surface area contributed by atoms with Gasteiger partial charge in [-0.25, -0.2) is 0 Å². The molecule has 2 amide bonds. The van der Waals surface area contributed by atoms with E-state index in [0.29, 0.717) is 6.54 Å². The molecule has 0 heterocycles. The number of rotatable bonds is 8. The Labute approximate surface area is 133 Å². The summed E-state index contributed by atoms with van der Waals surface area (Å²) >= 11 is 0. The van der Waals surface area contributed by atoms with Gasteiger partial charge in [0.2, 0.25) is 11.8 Å². The van der Waals surface area contributed by atoms with Crippen LogP contribution in [0.1, 0.15) is 33.3 Å². The summed E-state index contributed by atoms with van der Waals surface area (Å²) in [4.78, 5) is 25.8. The highest BCUT2D eigenvalue weighted by Crippen LogP contribution is 2.15. The predicted molar refractivity (Wildman–Crippen MR) is 89.8 cm³/mol. The normalized spacial score (nSPS) is 10.8. The van der Waals surface area contributed by atoms with Crippen LogP contribution in [0, 0.1) is 0 Å². The lowest BCUT2D eigenvalue weighted by Crippen LogP contribution is -2.42. The van der Waals surface area contributed by atoms with Crippen LogP contribution in [0.4, 0.5) is 5.69 Å². The van der Waals surface area contributed by atoms with Gasteiger partial charge in [-0.3, -0.25) is 14.5 Å². The molecule has 5 heteroatoms. The number of nitrogens with zero attached hydrogens (tertiary/aromatic N) is 1. The van der Waals surface area contributed by atoms with E-state index in [0.717, 1.165) is 17.7 Å². The van der Waals surface area contributed by atoms with Crippen molar-refractivity contribution in [1.29, 1.82) is 0 Å². The summed E-state index contributed by atoms with van der Waals surface area (Å²) in [6, 6.07) is 7.88. The Bertz CT molecular complexity index is 500. The van der Waals surface area contributed by atoms with Gasteiger partial charge in [-0.1, -0.05) is 32.0 Å². The molecule has 22 heavy (non-hydrogen) atoms. The van der Waals surface area contributed by atoms with Crippen molar-refractivity contribution < 1.29 is 9.59 Å². The molecule has 0 aromatic heterocycles. The lowest BCUT2D eigenvalue weighted by Gasteiger charge is -2.20. The SMILES string of the molecule is CCc1ccccc1NC(=O)CN(CC)CC(=O)NC(C)C. The zero-order chi connectivity index (χ0) is 16.5. The topological polar surface area (TPSA) is 61.4 Å². The average Bonchev–Trinajstić information content (AvgIpc) is 2.46. The highest BCUT2D eigenvalue weighted by Gasteiger charge is 2.14. The fourth-order valence-electron chi connectivity index (χ4n) is 2.19. The van der Waals surface area contributed by atoms with E-state index in [9.17, 15) is 9.59 Å². The van der Waals surface area contributed by atoms with Crippen molar-refractivity contribution >= 4 is 17.5 Å². The minimum absolute atomic E-state index is 0.0568. The molecule has 0 atom stereocenters. The number of anilines is 1. The Morgan fingerprint density at radius 2 is 1.73 bits per heavy atom. The second-order valence-corrected chi connectivity index (χ2v) is 5.58. The number of carbonyl (C=O) groups excluding carboxylic acids is 2. The first-order valence-electron chi connectivity index (χ1n) is 7.85. The molecule has 122 valence electrons. The molecule has 1 rings (SSSR count). The van der Waals surface area contributed by atoms with Crippen LogP contribution in [0.25, 0.3) is 0 Å². The summed E-state index contributed by atoms with van der Waals surface area (Å²) in [7, 11) is 0. The Kier molecular flexibility index (Phi) is 7.60. The number of para-hydroxylation sites is 1. The smallest absolute Gasteiger partial charge is 0.238 e. The number of nitrogens with one attached hydrogen (secondary N) is 2. The molecule has 0 bridgehead atoms. The van der Waals surface area contributed by atoms with E-state index in [1.165, 1.54) is 0 Å². The quantitative estimate of drug-likeness (QED) is 0.772. The average molecular weight is 305 g/mol. The van der Waals surface area contributed by atoms with Gasteiger partial charge in [0, 0.05) is 11.7 Å². The number of hydrogen-bond donors (Lipinski definition) is 2. The van der Waals surface area contributed by atoms with Crippen molar-refractivity contribution in [2.24, 2.45) is 0 Å². The van der Waals surface area contributed by atoms with Crippen molar-refractivity contribution in [1.82, 2.24) is 10.2 Å². The van der Waals surface area contributed by atoms with Crippen molar-refractivity contribution in [2.45, 2.75) is 40.2 Å². The van der Waals surface area contributed by atoms with E-state index >= 15 is 0 Å². The maximum absolute atomic E-state index is 12.2. The Morgan fingerprint density at radius 3 is 2.32 bits per heavy atom. The van der Waals surface area contributed by atoms with E-state index in [1.54, 1.807) is 0 Å². The van der Waals surface area contributed by atoms with E-state index in [2.05, 4.69) is 17.6 Å². The zero-order valence-corrected chi connectivity index (χ0v) is 14.0. The van der Waals surface area contributed by atoms with E-state index < -0.39 is 0 Å². The molecule has 1 aromatic rings. The van der Waals surface area contributed by atoms with Crippen LogP contribution < -0.4 is 10.6 Å². The van der Waals surface area contributed by atoms with Crippen LogP contribution in [-0.4, -0.2) is 42.4 Å². The number of carbonyl (C=O) groups is 2. The summed E-state index contributed by atoms with van der Waals surface area (Å²) < 4.78 is 0. The maximum Gasteiger partial charge on any atom is 0.238 e. The second kappa shape index (κ2) is 9.20. The fourth-order valence-corrected chi connectivity index (χ4v) is 2.19. The maximum atomic E-state index is 12.2. The first-order valence-corrected chi connectivity index (χ1v) is 7.85. The van der Waals surface area contributed by atoms with Crippen LogP contribution in [0.2, 0.25) is 0 Å². The standard InChI is InChI=1S/C17H27N3O2/c1-5-14-9-7-8-10-15(14)19-17(22)12-20(6-2)11-16(21)18-13(3)4/h7-10,13H,5-6,11-12H2,1-4H3,(H,18,21)(H,19,22). The van der Waals surface area contributed by atoms with Gasteiger partial charge in [0.25, 0.3) is 0 Å². The lowest BCUT2D eigenvalue weighted by molar-refractivity contribution is -0.123. The van der Waals surface area contributed by atoms with Crippen LogP contribution in [0.3, 0.4) is 0 Å². The number of benzene rings is 1. The molecule has 1 aromatic carbocycles. The van der Waals surface area contributed by atoms with Crippen molar-refractivity contribution in [3.63, 3.8) is 0 Å². The van der Waals surface area contributed by atoms with Crippen LogP contribution in [0.15, 0.2) is 24.3 Å². The fraction of sp³-hybridized carbons (Fsp3) is 0.529. The molecule has 0 radical (unpaired) electrons. The molecule has 0 aliphatic heterocycles. The van der Waals surface area contributed by atoms with Gasteiger partial charge in [0.15, 0.2) is 0 Å². The van der Waals surface area contributed by atoms with Gasteiger partial charge in [-0.2, -0.15) is 0 Å². The summed E-state index contributed by atoms with van der Waals surface area (Å²) in [6.45, 7) is 8.92. The molecule has 0 saturated heterocycles. The van der Waals surface area contributed by atoms with Gasteiger partial charge >= 0.3 is 0 Å². The number of likely N-dealkylation sites (N-methyl/N-ethyl adjacent to an activating group) is 1. The molecule has 0 spiro atoms. The highest BCUT2D eigenvalue weighted by molar-refractivity contribution is 5.93. The zero-order valence-electron chi connectivity index (χ0n) is 14.0. The number of hydrogen-bond acceptors (Lipinski definition) is 3. The molecule has 0 aliphatic rings. The van der Waals surface area contributed by atoms with Crippen molar-refractivity contribution in [3.05, 3.63) is 29.8 Å². The van der Waals surface area contributed by atoms with Gasteiger partial charge < -0.3 is 10.6 Å². The van der Waals surface area contributed by atoms with E-state index in [1.807, 2.05) is 49.9 Å². The molecular formula is C17H27N3O2. The first kappa shape index (κ1) is 18.2. The van der Waals surface area contributed by atoms with Crippen molar-refractivity contribution in [3.8, 4) is 0 Å². The monoisotopic (exact) mass is 305 g/mol. The molecule has 0 fully saturated rings. The third kappa shape index (κ3) is 6.26. The van der Waals surface area contributed by atoms with Gasteiger partial charge in [-0.15, -0.1) is 0 Å². The van der Waals surface area contributed by atoms with Crippen molar-refractivity contribution in [2.75, 3.05) is 25.0 Å². The number of amides is 2. The van der Waals surface area contributed by atoms with Gasteiger partial charge in [0.1, 0.15) is 0 Å². The van der Waals surface area contributed by atoms with Gasteiger partial charge in [0.05, 0.1) is 13.1 Å². The number of aryl methyl sites for hydroxylation is 1. The summed E-state index contributed by atoms with van der Waals surface area (Å²) in [5.74, 6) is -0.154. The minimum Gasteiger partial charge on any atom is -0.353 e. The molecule has 0 saturated carbocycles. The summed E-state index contributed by atoms with van der Waals surface area (Å²) in [5.41, 5.74) is 1.95. The molecule has 2 N–H and O–H groups in total. The van der Waals surface area contributed by atoms with Crippen LogP contribution in [0.5, 0.6) is 0 Å². The van der Waals surface area contributed by atoms with E-state index in [-0.39, 0.29) is 30.9 Å². The minimum atomic E-state index is -0.0971. The lowest BCUT2D eigenvalue weighted by atomic mass is 10.1.